The van der Waals surface area contributed by atoms with Gasteiger partial charge in [0.15, 0.2) is 0 Å². The first kappa shape index (κ1) is 19.8. The molecule has 0 spiro atoms. The molecule has 1 aliphatic heterocycles. The first-order valence-electron chi connectivity index (χ1n) is 10.0. The molecule has 0 bridgehead atoms. The third-order valence-corrected chi connectivity index (χ3v) is 5.37. The van der Waals surface area contributed by atoms with Gasteiger partial charge in [-0.3, -0.25) is 4.79 Å². The lowest BCUT2D eigenvalue weighted by molar-refractivity contribution is -0.129. The van der Waals surface area contributed by atoms with E-state index < -0.39 is 0 Å². The van der Waals surface area contributed by atoms with Crippen molar-refractivity contribution in [3.63, 3.8) is 0 Å². The topological polar surface area (TPSA) is 73.7 Å². The van der Waals surface area contributed by atoms with E-state index in [0.717, 1.165) is 35.5 Å². The van der Waals surface area contributed by atoms with Gasteiger partial charge in [-0.05, 0) is 36.4 Å². The lowest BCUT2D eigenvalue weighted by atomic mass is 10.2. The fourth-order valence-corrected chi connectivity index (χ4v) is 3.58. The zero-order valence-electron chi connectivity index (χ0n) is 17.3. The molecule has 3 amide bonds. The van der Waals surface area contributed by atoms with E-state index >= 15 is 0 Å². The van der Waals surface area contributed by atoms with Gasteiger partial charge >= 0.3 is 6.03 Å². The number of carbonyl (C=O) groups is 2. The number of nitrogens with zero attached hydrogens (tertiary/aromatic N) is 5. The van der Waals surface area contributed by atoms with Crippen molar-refractivity contribution in [2.45, 2.75) is 6.54 Å². The van der Waals surface area contributed by atoms with Crippen LogP contribution in [0.15, 0.2) is 54.9 Å². The molecule has 4 rings (SSSR count). The lowest BCUT2D eigenvalue weighted by Gasteiger charge is -2.35. The number of pyridine rings is 1. The Hall–Kier alpha value is -3.55. The SMILES string of the molecule is CN(C)C(=O)Cn1ccc2cc(NC(=O)N3CCN(c4ccccn4)CC3)ccc21. The monoisotopic (exact) mass is 406 g/mol. The Morgan fingerprint density at radius 3 is 2.57 bits per heavy atom. The summed E-state index contributed by atoms with van der Waals surface area (Å²) in [5.74, 6) is 0.981. The minimum atomic E-state index is -0.0998. The molecule has 30 heavy (non-hydrogen) atoms. The van der Waals surface area contributed by atoms with Crippen LogP contribution in [0.4, 0.5) is 16.3 Å². The highest BCUT2D eigenvalue weighted by Gasteiger charge is 2.22. The van der Waals surface area contributed by atoms with Crippen molar-refractivity contribution in [3.8, 4) is 0 Å². The highest BCUT2D eigenvalue weighted by molar-refractivity contribution is 5.93. The summed E-state index contributed by atoms with van der Waals surface area (Å²) in [6.45, 7) is 3.10. The van der Waals surface area contributed by atoms with E-state index in [-0.39, 0.29) is 11.9 Å². The van der Waals surface area contributed by atoms with Crippen molar-refractivity contribution in [1.82, 2.24) is 19.4 Å². The summed E-state index contributed by atoms with van der Waals surface area (Å²) < 4.78 is 1.92. The molecule has 156 valence electrons. The van der Waals surface area contributed by atoms with Crippen molar-refractivity contribution in [1.29, 1.82) is 0 Å². The number of rotatable bonds is 4. The summed E-state index contributed by atoms with van der Waals surface area (Å²) in [4.78, 5) is 34.7. The van der Waals surface area contributed by atoms with E-state index in [2.05, 4.69) is 15.2 Å². The standard InChI is InChI=1S/C22H26N6O2/c1-25(2)21(29)16-28-10-8-17-15-18(6-7-19(17)28)24-22(30)27-13-11-26(12-14-27)20-5-3-4-9-23-20/h3-10,15H,11-14,16H2,1-2H3,(H,24,30). The Bertz CT molecular complexity index is 1040. The van der Waals surface area contributed by atoms with Gasteiger partial charge in [0.05, 0.1) is 0 Å². The number of anilines is 2. The third kappa shape index (κ3) is 4.22. The molecule has 1 aliphatic rings. The molecule has 1 N–H and O–H groups in total. The first-order valence-corrected chi connectivity index (χ1v) is 10.0. The maximum Gasteiger partial charge on any atom is 0.321 e. The second-order valence-electron chi connectivity index (χ2n) is 7.60. The van der Waals surface area contributed by atoms with Crippen molar-refractivity contribution in [2.75, 3.05) is 50.5 Å². The van der Waals surface area contributed by atoms with Crippen LogP contribution >= 0.6 is 0 Å². The summed E-state index contributed by atoms with van der Waals surface area (Å²) in [6, 6.07) is 13.5. The van der Waals surface area contributed by atoms with Crippen molar-refractivity contribution < 1.29 is 9.59 Å². The van der Waals surface area contributed by atoms with Gasteiger partial charge in [0.25, 0.3) is 0 Å². The second kappa shape index (κ2) is 8.44. The van der Waals surface area contributed by atoms with E-state index in [1.165, 1.54) is 0 Å². The maximum absolute atomic E-state index is 12.7. The van der Waals surface area contributed by atoms with Crippen LogP contribution in [0.2, 0.25) is 0 Å². The molecule has 3 heterocycles. The highest BCUT2D eigenvalue weighted by Crippen LogP contribution is 2.21. The Morgan fingerprint density at radius 1 is 1.07 bits per heavy atom. The van der Waals surface area contributed by atoms with Gasteiger partial charge in [-0.2, -0.15) is 0 Å². The number of nitrogens with one attached hydrogen (secondary N) is 1. The number of hydrogen-bond acceptors (Lipinski definition) is 4. The number of likely N-dealkylation sites (N-methyl/N-ethyl adjacent to an activating group) is 1. The van der Waals surface area contributed by atoms with E-state index in [1.807, 2.05) is 58.1 Å². The van der Waals surface area contributed by atoms with Crippen LogP contribution in [0.1, 0.15) is 0 Å². The predicted octanol–water partition coefficient (Wildman–Crippen LogP) is 2.48. The highest BCUT2D eigenvalue weighted by atomic mass is 16.2. The molecule has 0 unspecified atom stereocenters. The number of aromatic nitrogens is 2. The normalized spacial score (nSPS) is 14.1. The number of amides is 3. The van der Waals surface area contributed by atoms with Crippen molar-refractivity contribution in [2.24, 2.45) is 0 Å². The number of piperazine rings is 1. The Balaban J connectivity index is 1.37. The van der Waals surface area contributed by atoms with Crippen LogP contribution in [0.25, 0.3) is 10.9 Å². The van der Waals surface area contributed by atoms with Crippen LogP contribution in [0, 0.1) is 0 Å². The van der Waals surface area contributed by atoms with Crippen LogP contribution in [-0.2, 0) is 11.3 Å². The zero-order chi connectivity index (χ0) is 21.1. The predicted molar refractivity (Wildman–Crippen MR) is 118 cm³/mol. The fraction of sp³-hybridized carbons (Fsp3) is 0.318. The molecule has 1 fully saturated rings. The van der Waals surface area contributed by atoms with Crippen molar-refractivity contribution >= 4 is 34.3 Å². The number of benzene rings is 1. The van der Waals surface area contributed by atoms with Crippen LogP contribution in [-0.4, -0.2) is 71.6 Å². The molecule has 8 heteroatoms. The van der Waals surface area contributed by atoms with Crippen LogP contribution in [0.5, 0.6) is 0 Å². The van der Waals surface area contributed by atoms with E-state index in [9.17, 15) is 9.59 Å². The number of hydrogen-bond donors (Lipinski definition) is 1. The molecule has 0 radical (unpaired) electrons. The molecule has 2 aromatic heterocycles. The molecule has 8 nitrogen and oxygen atoms in total. The largest absolute Gasteiger partial charge is 0.353 e. The minimum Gasteiger partial charge on any atom is -0.353 e. The Kier molecular flexibility index (Phi) is 5.56. The van der Waals surface area contributed by atoms with E-state index in [4.69, 9.17) is 0 Å². The van der Waals surface area contributed by atoms with Crippen LogP contribution < -0.4 is 10.2 Å². The summed E-state index contributed by atoms with van der Waals surface area (Å²) in [5.41, 5.74) is 1.71. The molecule has 1 aromatic carbocycles. The average Bonchev–Trinajstić information content (AvgIpc) is 3.16. The Morgan fingerprint density at radius 2 is 1.87 bits per heavy atom. The molecule has 0 aliphatic carbocycles. The fourth-order valence-electron chi connectivity index (χ4n) is 3.58. The van der Waals surface area contributed by atoms with Gasteiger partial charge in [0.2, 0.25) is 5.91 Å². The van der Waals surface area contributed by atoms with Gasteiger partial charge in [-0.25, -0.2) is 9.78 Å². The molecule has 0 saturated carbocycles. The Labute approximate surface area is 175 Å². The smallest absolute Gasteiger partial charge is 0.321 e. The van der Waals surface area contributed by atoms with Gasteiger partial charge < -0.3 is 24.6 Å². The molecule has 3 aromatic rings. The number of carbonyl (C=O) groups excluding carboxylic acids is 2. The third-order valence-electron chi connectivity index (χ3n) is 5.37. The average molecular weight is 406 g/mol. The zero-order valence-corrected chi connectivity index (χ0v) is 17.3. The summed E-state index contributed by atoms with van der Waals surface area (Å²) in [5, 5.41) is 3.98. The van der Waals surface area contributed by atoms with Gasteiger partial charge in [-0.1, -0.05) is 6.07 Å². The van der Waals surface area contributed by atoms with Gasteiger partial charge in [-0.15, -0.1) is 0 Å². The first-order chi connectivity index (χ1) is 14.5. The van der Waals surface area contributed by atoms with Crippen LogP contribution in [0.3, 0.4) is 0 Å². The second-order valence-corrected chi connectivity index (χ2v) is 7.60. The quantitative estimate of drug-likeness (QED) is 0.722. The molecule has 1 saturated heterocycles. The summed E-state index contributed by atoms with van der Waals surface area (Å²) in [6.07, 6.45) is 3.68. The minimum absolute atomic E-state index is 0.0368. The maximum atomic E-state index is 12.7. The summed E-state index contributed by atoms with van der Waals surface area (Å²) in [7, 11) is 3.50. The van der Waals surface area contributed by atoms with E-state index in [0.29, 0.717) is 19.6 Å². The number of urea groups is 1. The van der Waals surface area contributed by atoms with Gasteiger partial charge in [0, 0.05) is 69.3 Å². The molecular weight excluding hydrogens is 380 g/mol. The number of fused-ring (bicyclic) bond motifs is 1. The van der Waals surface area contributed by atoms with Crippen molar-refractivity contribution in [3.05, 3.63) is 54.9 Å². The summed E-state index contributed by atoms with van der Waals surface area (Å²) >= 11 is 0. The van der Waals surface area contributed by atoms with Gasteiger partial charge in [0.1, 0.15) is 12.4 Å². The molecule has 0 atom stereocenters. The lowest BCUT2D eigenvalue weighted by Crippen LogP contribution is -2.50. The molecular formula is C22H26N6O2. The van der Waals surface area contributed by atoms with E-state index in [1.54, 1.807) is 25.2 Å².